The largest absolute Gasteiger partial charge is 0.384 e. The Balaban J connectivity index is 1.82. The van der Waals surface area contributed by atoms with Crippen molar-refractivity contribution in [3.05, 3.63) is 35.6 Å². The third kappa shape index (κ3) is 4.42. The fourth-order valence-corrected chi connectivity index (χ4v) is 2.49. The molecule has 0 bridgehead atoms. The molecule has 3 atom stereocenters. The van der Waals surface area contributed by atoms with Gasteiger partial charge in [0.05, 0.1) is 13.2 Å². The Morgan fingerprint density at radius 3 is 2.77 bits per heavy atom. The first-order valence-corrected chi connectivity index (χ1v) is 7.49. The van der Waals surface area contributed by atoms with E-state index >= 15 is 0 Å². The zero-order valence-corrected chi connectivity index (χ0v) is 12.9. The minimum Gasteiger partial charge on any atom is -0.384 e. The Labute approximate surface area is 129 Å². The van der Waals surface area contributed by atoms with E-state index in [1.54, 1.807) is 6.92 Å². The fraction of sp³-hybridized carbons (Fsp3) is 0.562. The van der Waals surface area contributed by atoms with Crippen molar-refractivity contribution < 1.29 is 19.0 Å². The van der Waals surface area contributed by atoms with Crippen LogP contribution in [0.15, 0.2) is 24.3 Å². The smallest absolute Gasteiger partial charge is 0.315 e. The van der Waals surface area contributed by atoms with Crippen molar-refractivity contribution in [3.63, 3.8) is 0 Å². The minimum atomic E-state index is -1.26. The van der Waals surface area contributed by atoms with Crippen LogP contribution >= 0.6 is 0 Å². The van der Waals surface area contributed by atoms with Crippen LogP contribution in [0.2, 0.25) is 0 Å². The van der Waals surface area contributed by atoms with Crippen molar-refractivity contribution in [2.24, 2.45) is 5.92 Å². The molecule has 2 rings (SSSR count). The molecular formula is C16H23FN2O3. The zero-order valence-electron chi connectivity index (χ0n) is 12.9. The monoisotopic (exact) mass is 310 g/mol. The van der Waals surface area contributed by atoms with E-state index in [1.807, 2.05) is 6.92 Å². The standard InChI is InChI=1S/C16H23FN2O3/c1-11(12-7-8-22-9-12)19-15(20)18-10-16(2,21)13-3-5-14(17)6-4-13/h3-6,11-12,21H,7-10H2,1-2H3,(H2,18,19,20). The molecule has 122 valence electrons. The summed E-state index contributed by atoms with van der Waals surface area (Å²) >= 11 is 0. The first-order valence-electron chi connectivity index (χ1n) is 7.49. The van der Waals surface area contributed by atoms with Gasteiger partial charge < -0.3 is 20.5 Å². The van der Waals surface area contributed by atoms with E-state index in [2.05, 4.69) is 10.6 Å². The second kappa shape index (κ2) is 7.07. The molecule has 1 aliphatic heterocycles. The Bertz CT molecular complexity index is 499. The molecule has 2 amide bonds. The van der Waals surface area contributed by atoms with Crippen molar-refractivity contribution >= 4 is 6.03 Å². The highest BCUT2D eigenvalue weighted by atomic mass is 19.1. The highest BCUT2D eigenvalue weighted by molar-refractivity contribution is 5.74. The van der Waals surface area contributed by atoms with Crippen LogP contribution in [0.4, 0.5) is 9.18 Å². The maximum absolute atomic E-state index is 12.9. The molecule has 1 aromatic rings. The molecule has 1 aliphatic rings. The summed E-state index contributed by atoms with van der Waals surface area (Å²) < 4.78 is 18.2. The van der Waals surface area contributed by atoms with Crippen LogP contribution in [0.5, 0.6) is 0 Å². The van der Waals surface area contributed by atoms with Gasteiger partial charge in [-0.2, -0.15) is 0 Å². The summed E-state index contributed by atoms with van der Waals surface area (Å²) in [4.78, 5) is 11.9. The molecule has 3 unspecified atom stereocenters. The number of carbonyl (C=O) groups excluding carboxylic acids is 1. The van der Waals surface area contributed by atoms with Crippen LogP contribution < -0.4 is 10.6 Å². The second-order valence-electron chi connectivity index (χ2n) is 6.02. The predicted molar refractivity (Wildman–Crippen MR) is 80.9 cm³/mol. The molecular weight excluding hydrogens is 287 g/mol. The number of urea groups is 1. The van der Waals surface area contributed by atoms with Crippen LogP contribution in [0.1, 0.15) is 25.8 Å². The third-order valence-corrected chi connectivity index (χ3v) is 4.09. The van der Waals surface area contributed by atoms with E-state index in [0.717, 1.165) is 13.0 Å². The predicted octanol–water partition coefficient (Wildman–Crippen LogP) is 1.76. The number of aliphatic hydroxyl groups is 1. The molecule has 5 nitrogen and oxygen atoms in total. The molecule has 3 N–H and O–H groups in total. The van der Waals surface area contributed by atoms with Crippen molar-refractivity contribution in [3.8, 4) is 0 Å². The Kier molecular flexibility index (Phi) is 5.37. The first-order chi connectivity index (χ1) is 10.4. The number of amides is 2. The number of halogens is 1. The molecule has 1 fully saturated rings. The van der Waals surface area contributed by atoms with Gasteiger partial charge in [-0.05, 0) is 38.0 Å². The lowest BCUT2D eigenvalue weighted by molar-refractivity contribution is 0.0591. The maximum atomic E-state index is 12.9. The molecule has 0 aliphatic carbocycles. The summed E-state index contributed by atoms with van der Waals surface area (Å²) in [6.07, 6.45) is 0.939. The van der Waals surface area contributed by atoms with Gasteiger partial charge in [0, 0.05) is 18.6 Å². The second-order valence-corrected chi connectivity index (χ2v) is 6.02. The van der Waals surface area contributed by atoms with E-state index in [9.17, 15) is 14.3 Å². The average molecular weight is 310 g/mol. The molecule has 6 heteroatoms. The van der Waals surface area contributed by atoms with Crippen molar-refractivity contribution in [1.29, 1.82) is 0 Å². The molecule has 0 radical (unpaired) electrons. The Morgan fingerprint density at radius 2 is 2.18 bits per heavy atom. The summed E-state index contributed by atoms with van der Waals surface area (Å²) in [5, 5.41) is 15.9. The number of carbonyl (C=O) groups is 1. The van der Waals surface area contributed by atoms with Gasteiger partial charge >= 0.3 is 6.03 Å². The average Bonchev–Trinajstić information content (AvgIpc) is 3.00. The van der Waals surface area contributed by atoms with E-state index in [0.29, 0.717) is 18.1 Å². The quantitative estimate of drug-likeness (QED) is 0.776. The molecule has 1 heterocycles. The number of ether oxygens (including phenoxy) is 1. The topological polar surface area (TPSA) is 70.6 Å². The molecule has 1 aromatic carbocycles. The Morgan fingerprint density at radius 1 is 1.50 bits per heavy atom. The number of rotatable bonds is 5. The van der Waals surface area contributed by atoms with Gasteiger partial charge in [-0.25, -0.2) is 9.18 Å². The van der Waals surface area contributed by atoms with Crippen molar-refractivity contribution in [1.82, 2.24) is 10.6 Å². The molecule has 0 spiro atoms. The lowest BCUT2D eigenvalue weighted by atomic mass is 9.96. The fourth-order valence-electron chi connectivity index (χ4n) is 2.49. The van der Waals surface area contributed by atoms with E-state index in [4.69, 9.17) is 4.74 Å². The lowest BCUT2D eigenvalue weighted by Crippen LogP contribution is -2.48. The van der Waals surface area contributed by atoms with Crippen LogP contribution in [0.3, 0.4) is 0 Å². The van der Waals surface area contributed by atoms with Crippen molar-refractivity contribution in [2.45, 2.75) is 31.9 Å². The van der Waals surface area contributed by atoms with Gasteiger partial charge in [0.15, 0.2) is 0 Å². The number of hydrogen-bond donors (Lipinski definition) is 3. The van der Waals surface area contributed by atoms with Gasteiger partial charge in [0.25, 0.3) is 0 Å². The number of hydrogen-bond acceptors (Lipinski definition) is 3. The maximum Gasteiger partial charge on any atom is 0.315 e. The first kappa shape index (κ1) is 16.7. The number of nitrogens with one attached hydrogen (secondary N) is 2. The molecule has 1 saturated heterocycles. The summed E-state index contributed by atoms with van der Waals surface area (Å²) in [6, 6.07) is 5.26. The summed E-state index contributed by atoms with van der Waals surface area (Å²) in [5.41, 5.74) is -0.712. The number of benzene rings is 1. The molecule has 0 saturated carbocycles. The van der Waals surface area contributed by atoms with Gasteiger partial charge in [-0.3, -0.25) is 0 Å². The van der Waals surface area contributed by atoms with Crippen LogP contribution in [0, 0.1) is 11.7 Å². The normalized spacial score (nSPS) is 21.9. The summed E-state index contributed by atoms with van der Waals surface area (Å²) in [7, 11) is 0. The molecule has 0 aromatic heterocycles. The summed E-state index contributed by atoms with van der Waals surface area (Å²) in [5.74, 6) is -0.0405. The lowest BCUT2D eigenvalue weighted by Gasteiger charge is -2.25. The van der Waals surface area contributed by atoms with E-state index in [1.165, 1.54) is 24.3 Å². The van der Waals surface area contributed by atoms with Crippen LogP contribution in [-0.4, -0.2) is 36.9 Å². The minimum absolute atomic E-state index is 0.0123. The van der Waals surface area contributed by atoms with Crippen LogP contribution in [0.25, 0.3) is 0 Å². The highest BCUT2D eigenvalue weighted by Gasteiger charge is 2.26. The zero-order chi connectivity index (χ0) is 16.2. The Hall–Kier alpha value is -1.66. The van der Waals surface area contributed by atoms with Gasteiger partial charge in [-0.15, -0.1) is 0 Å². The van der Waals surface area contributed by atoms with Crippen LogP contribution in [-0.2, 0) is 10.3 Å². The van der Waals surface area contributed by atoms with Gasteiger partial charge in [-0.1, -0.05) is 12.1 Å². The van der Waals surface area contributed by atoms with Gasteiger partial charge in [0.1, 0.15) is 11.4 Å². The highest BCUT2D eigenvalue weighted by Crippen LogP contribution is 2.20. The molecule has 22 heavy (non-hydrogen) atoms. The van der Waals surface area contributed by atoms with Crippen molar-refractivity contribution in [2.75, 3.05) is 19.8 Å². The van der Waals surface area contributed by atoms with Gasteiger partial charge in [0.2, 0.25) is 0 Å². The van der Waals surface area contributed by atoms with E-state index in [-0.39, 0.29) is 24.4 Å². The summed E-state index contributed by atoms with van der Waals surface area (Å²) in [6.45, 7) is 4.95. The van der Waals surface area contributed by atoms with E-state index < -0.39 is 5.60 Å². The SMILES string of the molecule is CC(NC(=O)NCC(C)(O)c1ccc(F)cc1)C1CCOC1. The third-order valence-electron chi connectivity index (χ3n) is 4.09.